The number of rotatable bonds is 5. The highest BCUT2D eigenvalue weighted by Crippen LogP contribution is 2.16. The SMILES string of the molecule is CCc1ccc(N/C=C(/C#N)C(=O)Nc2cccc(Cl)c2)cc1. The Bertz CT molecular complexity index is 761. The number of anilines is 2. The number of carbonyl (C=O) groups is 1. The minimum Gasteiger partial charge on any atom is -0.360 e. The molecule has 2 aromatic rings. The molecule has 0 fully saturated rings. The number of nitrogens with zero attached hydrogens (tertiary/aromatic N) is 1. The van der Waals surface area contributed by atoms with Gasteiger partial charge in [-0.2, -0.15) is 5.26 Å². The van der Waals surface area contributed by atoms with Crippen LogP contribution in [0.5, 0.6) is 0 Å². The zero-order valence-corrected chi connectivity index (χ0v) is 13.4. The fourth-order valence-corrected chi connectivity index (χ4v) is 2.10. The third-order valence-electron chi connectivity index (χ3n) is 3.19. The molecule has 0 aromatic heterocycles. The molecule has 0 bridgehead atoms. The Kier molecular flexibility index (Phi) is 5.79. The van der Waals surface area contributed by atoms with Crippen LogP contribution in [0.3, 0.4) is 0 Å². The number of benzene rings is 2. The van der Waals surface area contributed by atoms with E-state index in [2.05, 4.69) is 17.6 Å². The maximum absolute atomic E-state index is 12.1. The van der Waals surface area contributed by atoms with Crippen LogP contribution in [0.4, 0.5) is 11.4 Å². The van der Waals surface area contributed by atoms with Gasteiger partial charge in [0.05, 0.1) is 0 Å². The Labute approximate surface area is 140 Å². The Morgan fingerprint density at radius 3 is 2.57 bits per heavy atom. The number of halogens is 1. The van der Waals surface area contributed by atoms with Gasteiger partial charge in [0.1, 0.15) is 11.6 Å². The van der Waals surface area contributed by atoms with Gasteiger partial charge in [0.15, 0.2) is 0 Å². The predicted molar refractivity (Wildman–Crippen MR) is 93.2 cm³/mol. The molecule has 4 nitrogen and oxygen atoms in total. The van der Waals surface area contributed by atoms with E-state index >= 15 is 0 Å². The van der Waals surface area contributed by atoms with Gasteiger partial charge in [-0.15, -0.1) is 0 Å². The van der Waals surface area contributed by atoms with Gasteiger partial charge in [-0.1, -0.05) is 36.7 Å². The maximum atomic E-state index is 12.1. The van der Waals surface area contributed by atoms with Crippen LogP contribution in [0.2, 0.25) is 5.02 Å². The van der Waals surface area contributed by atoms with Crippen molar-refractivity contribution in [3.8, 4) is 6.07 Å². The van der Waals surface area contributed by atoms with Crippen molar-refractivity contribution < 1.29 is 4.79 Å². The van der Waals surface area contributed by atoms with Crippen molar-refractivity contribution in [3.05, 3.63) is 70.9 Å². The molecule has 0 heterocycles. The molecule has 0 radical (unpaired) electrons. The molecule has 1 amide bonds. The first-order valence-corrected chi connectivity index (χ1v) is 7.53. The largest absolute Gasteiger partial charge is 0.360 e. The second-order valence-corrected chi connectivity index (χ2v) is 5.27. The zero-order valence-electron chi connectivity index (χ0n) is 12.6. The highest BCUT2D eigenvalue weighted by molar-refractivity contribution is 6.31. The fourth-order valence-electron chi connectivity index (χ4n) is 1.91. The van der Waals surface area contributed by atoms with Crippen LogP contribution in [0, 0.1) is 11.3 Å². The second-order valence-electron chi connectivity index (χ2n) is 4.83. The topological polar surface area (TPSA) is 64.9 Å². The lowest BCUT2D eigenvalue weighted by Gasteiger charge is -2.06. The van der Waals surface area contributed by atoms with Gasteiger partial charge < -0.3 is 10.6 Å². The van der Waals surface area contributed by atoms with Crippen molar-refractivity contribution in [2.45, 2.75) is 13.3 Å². The summed E-state index contributed by atoms with van der Waals surface area (Å²) in [5.41, 5.74) is 2.55. The first-order valence-electron chi connectivity index (χ1n) is 7.15. The normalized spacial score (nSPS) is 10.7. The number of amides is 1. The Morgan fingerprint density at radius 2 is 1.96 bits per heavy atom. The van der Waals surface area contributed by atoms with Crippen LogP contribution in [0.15, 0.2) is 60.3 Å². The van der Waals surface area contributed by atoms with Crippen LogP contribution < -0.4 is 10.6 Å². The van der Waals surface area contributed by atoms with Crippen LogP contribution >= 0.6 is 11.6 Å². The summed E-state index contributed by atoms with van der Waals surface area (Å²) in [4.78, 5) is 12.1. The highest BCUT2D eigenvalue weighted by atomic mass is 35.5. The van der Waals surface area contributed by atoms with Gasteiger partial charge in [-0.3, -0.25) is 4.79 Å². The molecule has 0 saturated heterocycles. The molecule has 2 rings (SSSR count). The number of aryl methyl sites for hydroxylation is 1. The first kappa shape index (κ1) is 16.6. The molecule has 0 unspecified atom stereocenters. The lowest BCUT2D eigenvalue weighted by molar-refractivity contribution is -0.112. The maximum Gasteiger partial charge on any atom is 0.267 e. The van der Waals surface area contributed by atoms with Crippen molar-refractivity contribution in [1.29, 1.82) is 5.26 Å². The van der Waals surface area contributed by atoms with Crippen molar-refractivity contribution in [2.24, 2.45) is 0 Å². The molecule has 2 aromatic carbocycles. The van der Waals surface area contributed by atoms with Crippen molar-refractivity contribution in [2.75, 3.05) is 10.6 Å². The van der Waals surface area contributed by atoms with E-state index in [-0.39, 0.29) is 5.57 Å². The van der Waals surface area contributed by atoms with Gasteiger partial charge in [0.25, 0.3) is 5.91 Å². The minimum atomic E-state index is -0.493. The summed E-state index contributed by atoms with van der Waals surface area (Å²) in [7, 11) is 0. The Balaban J connectivity index is 2.05. The van der Waals surface area contributed by atoms with Crippen molar-refractivity contribution in [3.63, 3.8) is 0 Å². The molecule has 0 aliphatic rings. The minimum absolute atomic E-state index is 0.0236. The van der Waals surface area contributed by atoms with Crippen molar-refractivity contribution in [1.82, 2.24) is 0 Å². The molecule has 0 aliphatic carbocycles. The summed E-state index contributed by atoms with van der Waals surface area (Å²) < 4.78 is 0. The monoisotopic (exact) mass is 325 g/mol. The van der Waals surface area contributed by atoms with Gasteiger partial charge in [0.2, 0.25) is 0 Å². The van der Waals surface area contributed by atoms with Crippen LogP contribution in [0.1, 0.15) is 12.5 Å². The van der Waals surface area contributed by atoms with E-state index in [0.717, 1.165) is 12.1 Å². The molecule has 2 N–H and O–H groups in total. The van der Waals surface area contributed by atoms with Gasteiger partial charge in [-0.25, -0.2) is 0 Å². The second kappa shape index (κ2) is 8.02. The molecule has 0 aliphatic heterocycles. The molecule has 0 atom stereocenters. The Morgan fingerprint density at radius 1 is 1.22 bits per heavy atom. The molecule has 0 spiro atoms. The summed E-state index contributed by atoms with van der Waals surface area (Å²) in [5.74, 6) is -0.493. The van der Waals surface area contributed by atoms with E-state index in [1.807, 2.05) is 30.3 Å². The third kappa shape index (κ3) is 4.87. The average molecular weight is 326 g/mol. The Hall–Kier alpha value is -2.77. The molecular formula is C18H16ClN3O. The summed E-state index contributed by atoms with van der Waals surface area (Å²) in [5, 5.41) is 15.2. The van der Waals surface area contributed by atoms with E-state index < -0.39 is 5.91 Å². The summed E-state index contributed by atoms with van der Waals surface area (Å²) in [6.45, 7) is 2.08. The van der Waals surface area contributed by atoms with Crippen LogP contribution in [0.25, 0.3) is 0 Å². The molecule has 23 heavy (non-hydrogen) atoms. The fraction of sp³-hybridized carbons (Fsp3) is 0.111. The van der Waals surface area contributed by atoms with Gasteiger partial charge >= 0.3 is 0 Å². The van der Waals surface area contributed by atoms with E-state index in [1.54, 1.807) is 24.3 Å². The van der Waals surface area contributed by atoms with Crippen LogP contribution in [-0.2, 0) is 11.2 Å². The van der Waals surface area contributed by atoms with E-state index in [4.69, 9.17) is 16.9 Å². The quantitative estimate of drug-likeness (QED) is 0.634. The molecular weight excluding hydrogens is 310 g/mol. The van der Waals surface area contributed by atoms with E-state index in [1.165, 1.54) is 11.8 Å². The highest BCUT2D eigenvalue weighted by Gasteiger charge is 2.09. The van der Waals surface area contributed by atoms with Crippen LogP contribution in [-0.4, -0.2) is 5.91 Å². The smallest absolute Gasteiger partial charge is 0.267 e. The number of carbonyl (C=O) groups excluding carboxylic acids is 1. The lowest BCUT2D eigenvalue weighted by atomic mass is 10.1. The number of hydrogen-bond donors (Lipinski definition) is 2. The number of nitriles is 1. The van der Waals surface area contributed by atoms with Gasteiger partial charge in [-0.05, 0) is 42.3 Å². The first-order chi connectivity index (χ1) is 11.1. The number of nitrogens with one attached hydrogen (secondary N) is 2. The summed E-state index contributed by atoms with van der Waals surface area (Å²) in [6.07, 6.45) is 2.35. The average Bonchev–Trinajstić information content (AvgIpc) is 2.56. The summed E-state index contributed by atoms with van der Waals surface area (Å²) >= 11 is 5.86. The molecule has 5 heteroatoms. The number of hydrogen-bond acceptors (Lipinski definition) is 3. The standard InChI is InChI=1S/C18H16ClN3O/c1-2-13-6-8-16(9-7-13)21-12-14(11-20)18(23)22-17-5-3-4-15(19)10-17/h3-10,12,21H,2H2,1H3,(H,22,23)/b14-12-. The van der Waals surface area contributed by atoms with Gasteiger partial charge in [0, 0.05) is 22.6 Å². The lowest BCUT2D eigenvalue weighted by Crippen LogP contribution is -2.14. The zero-order chi connectivity index (χ0) is 16.7. The molecule has 0 saturated carbocycles. The van der Waals surface area contributed by atoms with E-state index in [9.17, 15) is 4.79 Å². The third-order valence-corrected chi connectivity index (χ3v) is 3.43. The predicted octanol–water partition coefficient (Wildman–Crippen LogP) is 4.36. The van der Waals surface area contributed by atoms with Crippen molar-refractivity contribution >= 4 is 28.9 Å². The van der Waals surface area contributed by atoms with E-state index in [0.29, 0.717) is 10.7 Å². The molecule has 116 valence electrons. The summed E-state index contributed by atoms with van der Waals surface area (Å²) in [6, 6.07) is 16.4.